The van der Waals surface area contributed by atoms with Crippen LogP contribution in [0.1, 0.15) is 33.1 Å². The van der Waals surface area contributed by atoms with E-state index in [2.05, 4.69) is 13.8 Å². The Balaban J connectivity index is 2.27. The standard InChI is InChI=1S/C10H16O2/c1-10(2)7-4-3-5-8(10)9(11)12-6-7/h7-8H,3-6H2,1-2H3. The van der Waals surface area contributed by atoms with Gasteiger partial charge in [0, 0.05) is 0 Å². The quantitative estimate of drug-likeness (QED) is 0.517. The third-order valence-corrected chi connectivity index (χ3v) is 3.71. The largest absolute Gasteiger partial charge is 0.465 e. The summed E-state index contributed by atoms with van der Waals surface area (Å²) in [5, 5.41) is 0. The molecule has 0 amide bonds. The fraction of sp³-hybridized carbons (Fsp3) is 0.900. The molecular weight excluding hydrogens is 152 g/mol. The third kappa shape index (κ3) is 0.970. The van der Waals surface area contributed by atoms with Crippen LogP contribution < -0.4 is 0 Å². The van der Waals surface area contributed by atoms with Crippen molar-refractivity contribution in [3.05, 3.63) is 0 Å². The van der Waals surface area contributed by atoms with Gasteiger partial charge >= 0.3 is 5.97 Å². The summed E-state index contributed by atoms with van der Waals surface area (Å²) in [5.41, 5.74) is 0.188. The van der Waals surface area contributed by atoms with Gasteiger partial charge in [-0.3, -0.25) is 4.79 Å². The van der Waals surface area contributed by atoms with Crippen LogP contribution in [0.5, 0.6) is 0 Å². The predicted molar refractivity (Wildman–Crippen MR) is 45.6 cm³/mol. The van der Waals surface area contributed by atoms with Gasteiger partial charge in [0.25, 0.3) is 0 Å². The lowest BCUT2D eigenvalue weighted by molar-refractivity contribution is -0.173. The Labute approximate surface area is 73.3 Å². The molecule has 0 spiro atoms. The molecule has 0 aromatic rings. The zero-order valence-corrected chi connectivity index (χ0v) is 7.80. The van der Waals surface area contributed by atoms with E-state index in [1.807, 2.05) is 0 Å². The Bertz CT molecular complexity index is 208. The first-order valence-corrected chi connectivity index (χ1v) is 4.79. The number of fused-ring (bicyclic) bond motifs is 2. The first-order chi connectivity index (χ1) is 5.62. The van der Waals surface area contributed by atoms with E-state index in [0.717, 1.165) is 6.42 Å². The van der Waals surface area contributed by atoms with Crippen molar-refractivity contribution >= 4 is 5.97 Å². The summed E-state index contributed by atoms with van der Waals surface area (Å²) in [5.74, 6) is 0.815. The maximum Gasteiger partial charge on any atom is 0.309 e. The second-order valence-corrected chi connectivity index (χ2v) is 4.63. The summed E-state index contributed by atoms with van der Waals surface area (Å²) in [4.78, 5) is 11.4. The average Bonchev–Trinajstić information content (AvgIpc) is 1.95. The summed E-state index contributed by atoms with van der Waals surface area (Å²) in [6.07, 6.45) is 3.47. The van der Waals surface area contributed by atoms with Gasteiger partial charge in [-0.2, -0.15) is 0 Å². The minimum absolute atomic E-state index is 0.0379. The number of ether oxygens (including phenoxy) is 1. The van der Waals surface area contributed by atoms with Crippen molar-refractivity contribution < 1.29 is 9.53 Å². The Kier molecular flexibility index (Phi) is 1.67. The molecule has 68 valence electrons. The van der Waals surface area contributed by atoms with E-state index >= 15 is 0 Å². The van der Waals surface area contributed by atoms with Crippen molar-refractivity contribution in [3.63, 3.8) is 0 Å². The zero-order valence-electron chi connectivity index (χ0n) is 7.80. The SMILES string of the molecule is CC1(C)C2CCCC1C(=O)OC2. The van der Waals surface area contributed by atoms with Crippen molar-refractivity contribution in [2.75, 3.05) is 6.61 Å². The van der Waals surface area contributed by atoms with Crippen molar-refractivity contribution in [2.24, 2.45) is 17.3 Å². The van der Waals surface area contributed by atoms with Crippen LogP contribution in [0.2, 0.25) is 0 Å². The highest BCUT2D eigenvalue weighted by molar-refractivity contribution is 5.74. The summed E-state index contributed by atoms with van der Waals surface area (Å²) in [6.45, 7) is 5.08. The molecule has 1 aliphatic heterocycles. The van der Waals surface area contributed by atoms with Gasteiger partial charge in [0.15, 0.2) is 0 Å². The Hall–Kier alpha value is -0.530. The number of rotatable bonds is 0. The molecule has 0 aromatic carbocycles. The number of hydrogen-bond donors (Lipinski definition) is 0. The maximum absolute atomic E-state index is 11.4. The highest BCUT2D eigenvalue weighted by Gasteiger charge is 2.48. The first kappa shape index (κ1) is 8.09. The monoisotopic (exact) mass is 168 g/mol. The van der Waals surface area contributed by atoms with E-state index in [-0.39, 0.29) is 17.3 Å². The van der Waals surface area contributed by atoms with Crippen LogP contribution in [0.25, 0.3) is 0 Å². The van der Waals surface area contributed by atoms with Gasteiger partial charge in [-0.1, -0.05) is 20.3 Å². The van der Waals surface area contributed by atoms with Gasteiger partial charge in [0.2, 0.25) is 0 Å². The Morgan fingerprint density at radius 3 is 2.83 bits per heavy atom. The number of carbonyl (C=O) groups is 1. The van der Waals surface area contributed by atoms with Crippen LogP contribution in [-0.4, -0.2) is 12.6 Å². The van der Waals surface area contributed by atoms with Gasteiger partial charge in [0.1, 0.15) is 0 Å². The minimum atomic E-state index is 0.0379. The van der Waals surface area contributed by atoms with Crippen LogP contribution >= 0.6 is 0 Å². The molecule has 12 heavy (non-hydrogen) atoms. The molecule has 0 N–H and O–H groups in total. The van der Waals surface area contributed by atoms with E-state index in [4.69, 9.17) is 4.74 Å². The average molecular weight is 168 g/mol. The molecule has 1 saturated heterocycles. The summed E-state index contributed by atoms with van der Waals surface area (Å²) in [6, 6.07) is 0. The molecule has 2 nitrogen and oxygen atoms in total. The van der Waals surface area contributed by atoms with E-state index in [1.54, 1.807) is 0 Å². The van der Waals surface area contributed by atoms with E-state index in [1.165, 1.54) is 12.8 Å². The van der Waals surface area contributed by atoms with Gasteiger partial charge in [-0.25, -0.2) is 0 Å². The zero-order chi connectivity index (χ0) is 8.77. The Morgan fingerprint density at radius 1 is 1.42 bits per heavy atom. The van der Waals surface area contributed by atoms with Crippen molar-refractivity contribution in [2.45, 2.75) is 33.1 Å². The summed E-state index contributed by atoms with van der Waals surface area (Å²) in [7, 11) is 0. The van der Waals surface area contributed by atoms with E-state index < -0.39 is 0 Å². The Morgan fingerprint density at radius 2 is 2.17 bits per heavy atom. The van der Waals surface area contributed by atoms with Crippen molar-refractivity contribution in [1.82, 2.24) is 0 Å². The maximum atomic E-state index is 11.4. The van der Waals surface area contributed by atoms with Crippen LogP contribution in [0.4, 0.5) is 0 Å². The molecule has 2 atom stereocenters. The molecule has 2 aliphatic rings. The molecule has 2 unspecified atom stereocenters. The molecule has 1 heterocycles. The molecule has 0 radical (unpaired) electrons. The molecule has 0 aromatic heterocycles. The number of hydrogen-bond acceptors (Lipinski definition) is 2. The highest BCUT2D eigenvalue weighted by Crippen LogP contribution is 2.48. The van der Waals surface area contributed by atoms with Crippen molar-refractivity contribution in [1.29, 1.82) is 0 Å². The van der Waals surface area contributed by atoms with Gasteiger partial charge in [-0.15, -0.1) is 0 Å². The lowest BCUT2D eigenvalue weighted by atomic mass is 9.61. The normalized spacial score (nSPS) is 39.0. The second kappa shape index (κ2) is 2.48. The molecule has 2 bridgehead atoms. The molecule has 2 rings (SSSR count). The van der Waals surface area contributed by atoms with Crippen LogP contribution in [0.3, 0.4) is 0 Å². The highest BCUT2D eigenvalue weighted by atomic mass is 16.5. The van der Waals surface area contributed by atoms with Crippen LogP contribution in [0.15, 0.2) is 0 Å². The second-order valence-electron chi connectivity index (χ2n) is 4.63. The smallest absolute Gasteiger partial charge is 0.309 e. The van der Waals surface area contributed by atoms with Crippen LogP contribution in [-0.2, 0) is 9.53 Å². The number of cyclic esters (lactones) is 1. The van der Waals surface area contributed by atoms with E-state index in [0.29, 0.717) is 12.5 Å². The van der Waals surface area contributed by atoms with Gasteiger partial charge in [0.05, 0.1) is 12.5 Å². The lowest BCUT2D eigenvalue weighted by Crippen LogP contribution is -2.48. The topological polar surface area (TPSA) is 26.3 Å². The fourth-order valence-corrected chi connectivity index (χ4v) is 2.60. The third-order valence-electron chi connectivity index (χ3n) is 3.71. The van der Waals surface area contributed by atoms with E-state index in [9.17, 15) is 4.79 Å². The fourth-order valence-electron chi connectivity index (χ4n) is 2.60. The minimum Gasteiger partial charge on any atom is -0.465 e. The lowest BCUT2D eigenvalue weighted by Gasteiger charge is -2.47. The first-order valence-electron chi connectivity index (χ1n) is 4.79. The molecule has 2 fully saturated rings. The number of esters is 1. The molecule has 2 heteroatoms. The van der Waals surface area contributed by atoms with Gasteiger partial charge in [-0.05, 0) is 24.2 Å². The molecule has 1 saturated carbocycles. The molecular formula is C10H16O2. The summed E-state index contributed by atoms with van der Waals surface area (Å²) >= 11 is 0. The predicted octanol–water partition coefficient (Wildman–Crippen LogP) is 1.99. The van der Waals surface area contributed by atoms with Crippen molar-refractivity contribution in [3.8, 4) is 0 Å². The summed E-state index contributed by atoms with van der Waals surface area (Å²) < 4.78 is 5.14. The molecule has 1 aliphatic carbocycles. The number of carbonyl (C=O) groups excluding carboxylic acids is 1. The van der Waals surface area contributed by atoms with Crippen LogP contribution in [0, 0.1) is 17.3 Å². The van der Waals surface area contributed by atoms with Gasteiger partial charge < -0.3 is 4.74 Å².